The van der Waals surface area contributed by atoms with Crippen LogP contribution in [0.4, 0.5) is 11.5 Å². The third-order valence-electron chi connectivity index (χ3n) is 5.05. The highest BCUT2D eigenvalue weighted by molar-refractivity contribution is 7.98. The molecule has 0 amide bonds. The Balaban J connectivity index is 1.77. The van der Waals surface area contributed by atoms with Crippen molar-refractivity contribution in [1.82, 2.24) is 4.98 Å². The summed E-state index contributed by atoms with van der Waals surface area (Å²) in [4.78, 5) is 4.71. The standard InChI is InChI=1S/C21H23N3S/c1-25-12-11-23-19-7-4-8-20-18(19)13-17(21(22)24-20)16-10-9-14-5-2-3-6-15(14)16/h2-8,13,16,23H,9-12H2,1H3,(H2,22,24)/t16-/m1/s1. The van der Waals surface area contributed by atoms with Crippen molar-refractivity contribution in [2.75, 3.05) is 29.6 Å². The predicted octanol–water partition coefficient (Wildman–Crippen LogP) is 4.67. The highest BCUT2D eigenvalue weighted by Crippen LogP contribution is 2.41. The van der Waals surface area contributed by atoms with Crippen molar-refractivity contribution >= 4 is 34.2 Å². The van der Waals surface area contributed by atoms with E-state index in [9.17, 15) is 0 Å². The quantitative estimate of drug-likeness (QED) is 0.657. The Morgan fingerprint density at radius 2 is 2.04 bits per heavy atom. The Bertz CT molecular complexity index is 907. The summed E-state index contributed by atoms with van der Waals surface area (Å²) in [6, 6.07) is 17.2. The van der Waals surface area contributed by atoms with Crippen molar-refractivity contribution in [3.05, 3.63) is 65.2 Å². The van der Waals surface area contributed by atoms with Gasteiger partial charge in [-0.2, -0.15) is 11.8 Å². The maximum Gasteiger partial charge on any atom is 0.127 e. The second kappa shape index (κ2) is 6.96. The molecule has 128 valence electrons. The largest absolute Gasteiger partial charge is 0.384 e. The number of thioether (sulfide) groups is 1. The normalized spacial score (nSPS) is 16.1. The highest BCUT2D eigenvalue weighted by atomic mass is 32.2. The van der Waals surface area contributed by atoms with Crippen molar-refractivity contribution in [3.8, 4) is 0 Å². The molecule has 3 N–H and O–H groups in total. The Morgan fingerprint density at radius 1 is 1.16 bits per heavy atom. The number of fused-ring (bicyclic) bond motifs is 2. The number of rotatable bonds is 5. The van der Waals surface area contributed by atoms with E-state index in [1.54, 1.807) is 0 Å². The average molecular weight is 350 g/mol. The second-order valence-corrected chi connectivity index (χ2v) is 7.53. The summed E-state index contributed by atoms with van der Waals surface area (Å²) in [5, 5.41) is 4.71. The number of nitrogens with zero attached hydrogens (tertiary/aromatic N) is 1. The molecule has 1 atom stereocenters. The summed E-state index contributed by atoms with van der Waals surface area (Å²) in [6.07, 6.45) is 4.35. The fourth-order valence-electron chi connectivity index (χ4n) is 3.83. The zero-order chi connectivity index (χ0) is 17.2. The van der Waals surface area contributed by atoms with Crippen molar-refractivity contribution in [2.45, 2.75) is 18.8 Å². The summed E-state index contributed by atoms with van der Waals surface area (Å²) in [6.45, 7) is 0.951. The molecule has 3 aromatic rings. The molecule has 4 rings (SSSR count). The van der Waals surface area contributed by atoms with Gasteiger partial charge in [0, 0.05) is 34.9 Å². The van der Waals surface area contributed by atoms with Gasteiger partial charge >= 0.3 is 0 Å². The molecule has 25 heavy (non-hydrogen) atoms. The Labute approximate surface area is 153 Å². The minimum atomic E-state index is 0.354. The lowest BCUT2D eigenvalue weighted by molar-refractivity contribution is 0.788. The predicted molar refractivity (Wildman–Crippen MR) is 110 cm³/mol. The zero-order valence-electron chi connectivity index (χ0n) is 14.5. The van der Waals surface area contributed by atoms with Crippen molar-refractivity contribution in [1.29, 1.82) is 0 Å². The van der Waals surface area contributed by atoms with Crippen LogP contribution in [-0.2, 0) is 6.42 Å². The number of nitrogen functional groups attached to an aromatic ring is 1. The first-order valence-electron chi connectivity index (χ1n) is 8.77. The van der Waals surface area contributed by atoms with Crippen LogP contribution >= 0.6 is 11.8 Å². The molecule has 4 heteroatoms. The molecule has 0 saturated heterocycles. The van der Waals surface area contributed by atoms with Crippen LogP contribution in [-0.4, -0.2) is 23.5 Å². The lowest BCUT2D eigenvalue weighted by Crippen LogP contribution is -2.07. The van der Waals surface area contributed by atoms with Crippen LogP contribution in [0.15, 0.2) is 48.5 Å². The summed E-state index contributed by atoms with van der Waals surface area (Å²) in [5.74, 6) is 2.10. The van der Waals surface area contributed by atoms with Gasteiger partial charge < -0.3 is 11.1 Å². The van der Waals surface area contributed by atoms with Gasteiger partial charge in [0.05, 0.1) is 5.52 Å². The third kappa shape index (κ3) is 3.07. The van der Waals surface area contributed by atoms with Crippen LogP contribution in [0.2, 0.25) is 0 Å². The molecular formula is C21H23N3S. The molecule has 0 fully saturated rings. The molecule has 0 saturated carbocycles. The van der Waals surface area contributed by atoms with Gasteiger partial charge in [-0.15, -0.1) is 0 Å². The lowest BCUT2D eigenvalue weighted by Gasteiger charge is -2.17. The van der Waals surface area contributed by atoms with Gasteiger partial charge in [0.15, 0.2) is 0 Å². The first-order chi connectivity index (χ1) is 12.3. The smallest absolute Gasteiger partial charge is 0.127 e. The number of benzene rings is 2. The SMILES string of the molecule is CSCCNc1cccc2nc(N)c([C@@H]3CCc4ccccc43)cc12. The van der Waals surface area contributed by atoms with E-state index in [1.165, 1.54) is 11.1 Å². The van der Waals surface area contributed by atoms with Gasteiger partial charge in [-0.05, 0) is 48.4 Å². The molecule has 0 spiro atoms. The first-order valence-corrected chi connectivity index (χ1v) is 10.2. The van der Waals surface area contributed by atoms with E-state index in [2.05, 4.69) is 48.0 Å². The van der Waals surface area contributed by atoms with Gasteiger partial charge in [-0.3, -0.25) is 0 Å². The second-order valence-electron chi connectivity index (χ2n) is 6.54. The van der Waals surface area contributed by atoms with E-state index in [4.69, 9.17) is 10.7 Å². The Hall–Kier alpha value is -2.20. The third-order valence-corrected chi connectivity index (χ3v) is 5.66. The Morgan fingerprint density at radius 3 is 2.92 bits per heavy atom. The van der Waals surface area contributed by atoms with Crippen molar-refractivity contribution in [2.24, 2.45) is 0 Å². The fourth-order valence-corrected chi connectivity index (χ4v) is 4.13. The number of anilines is 2. The average Bonchev–Trinajstić information content (AvgIpc) is 3.05. The molecule has 0 bridgehead atoms. The first kappa shape index (κ1) is 16.3. The summed E-state index contributed by atoms with van der Waals surface area (Å²) in [7, 11) is 0. The maximum atomic E-state index is 6.36. The number of pyridine rings is 1. The summed E-state index contributed by atoms with van der Waals surface area (Å²) < 4.78 is 0. The number of hydrogen-bond acceptors (Lipinski definition) is 4. The molecule has 1 heterocycles. The molecule has 0 unspecified atom stereocenters. The highest BCUT2D eigenvalue weighted by Gasteiger charge is 2.26. The van der Waals surface area contributed by atoms with E-state index in [1.807, 2.05) is 23.9 Å². The summed E-state index contributed by atoms with van der Waals surface area (Å²) >= 11 is 1.85. The minimum Gasteiger partial charge on any atom is -0.384 e. The number of nitrogens with two attached hydrogens (primary N) is 1. The molecule has 0 radical (unpaired) electrons. The molecule has 1 aliphatic carbocycles. The number of nitrogens with one attached hydrogen (secondary N) is 1. The van der Waals surface area contributed by atoms with Crippen LogP contribution in [0.1, 0.15) is 29.0 Å². The van der Waals surface area contributed by atoms with Gasteiger partial charge in [-0.1, -0.05) is 30.3 Å². The van der Waals surface area contributed by atoms with E-state index in [0.717, 1.165) is 47.3 Å². The lowest BCUT2D eigenvalue weighted by atomic mass is 9.92. The number of aromatic nitrogens is 1. The number of aryl methyl sites for hydroxylation is 1. The van der Waals surface area contributed by atoms with E-state index >= 15 is 0 Å². The van der Waals surface area contributed by atoms with Crippen LogP contribution in [0.5, 0.6) is 0 Å². The summed E-state index contributed by atoms with van der Waals surface area (Å²) in [5.41, 5.74) is 12.5. The monoisotopic (exact) mass is 349 g/mol. The van der Waals surface area contributed by atoms with E-state index in [0.29, 0.717) is 11.7 Å². The van der Waals surface area contributed by atoms with E-state index < -0.39 is 0 Å². The van der Waals surface area contributed by atoms with E-state index in [-0.39, 0.29) is 0 Å². The molecule has 1 aromatic heterocycles. The molecule has 3 nitrogen and oxygen atoms in total. The topological polar surface area (TPSA) is 50.9 Å². The van der Waals surface area contributed by atoms with Gasteiger partial charge in [-0.25, -0.2) is 4.98 Å². The van der Waals surface area contributed by atoms with Crippen molar-refractivity contribution < 1.29 is 0 Å². The minimum absolute atomic E-state index is 0.354. The van der Waals surface area contributed by atoms with Crippen LogP contribution in [0.25, 0.3) is 10.9 Å². The zero-order valence-corrected chi connectivity index (χ0v) is 15.3. The molecule has 0 aliphatic heterocycles. The fraction of sp³-hybridized carbons (Fsp3) is 0.286. The Kier molecular flexibility index (Phi) is 4.53. The van der Waals surface area contributed by atoms with Crippen LogP contribution in [0.3, 0.4) is 0 Å². The maximum absolute atomic E-state index is 6.36. The van der Waals surface area contributed by atoms with Gasteiger partial charge in [0.1, 0.15) is 5.82 Å². The molecule has 2 aromatic carbocycles. The van der Waals surface area contributed by atoms with Gasteiger partial charge in [0.2, 0.25) is 0 Å². The van der Waals surface area contributed by atoms with Crippen LogP contribution in [0, 0.1) is 0 Å². The van der Waals surface area contributed by atoms with Crippen LogP contribution < -0.4 is 11.1 Å². The van der Waals surface area contributed by atoms with Gasteiger partial charge in [0.25, 0.3) is 0 Å². The van der Waals surface area contributed by atoms with Crippen molar-refractivity contribution in [3.63, 3.8) is 0 Å². The number of hydrogen-bond donors (Lipinski definition) is 2. The molecule has 1 aliphatic rings. The molecular weight excluding hydrogens is 326 g/mol.